The molecule has 1 saturated heterocycles. The summed E-state index contributed by atoms with van der Waals surface area (Å²) in [4.78, 5) is 31.0. The summed E-state index contributed by atoms with van der Waals surface area (Å²) in [7, 11) is 0. The van der Waals surface area contributed by atoms with Crippen LogP contribution in [0.25, 0.3) is 10.9 Å². The molecule has 0 amide bonds. The van der Waals surface area contributed by atoms with E-state index in [2.05, 4.69) is 9.88 Å². The Morgan fingerprint density at radius 1 is 1.07 bits per heavy atom. The number of carboxylic acids is 1. The summed E-state index contributed by atoms with van der Waals surface area (Å²) in [5.41, 5.74) is 3.34. The number of carbonyl (C=O) groups excluding carboxylic acids is 1. The van der Waals surface area contributed by atoms with Crippen LogP contribution in [0.4, 0.5) is 5.69 Å². The average Bonchev–Trinajstić information content (AvgIpc) is 3.11. The van der Waals surface area contributed by atoms with E-state index in [-0.39, 0.29) is 5.78 Å². The van der Waals surface area contributed by atoms with E-state index in [1.807, 2.05) is 41.3 Å². The molecule has 1 aromatic heterocycles. The number of ketones is 1. The van der Waals surface area contributed by atoms with Crippen molar-refractivity contribution in [3.05, 3.63) is 64.8 Å². The summed E-state index contributed by atoms with van der Waals surface area (Å²) < 4.78 is 0. The quantitative estimate of drug-likeness (QED) is 0.621. The molecule has 1 aliphatic rings. The fourth-order valence-electron chi connectivity index (χ4n) is 3.97. The van der Waals surface area contributed by atoms with E-state index in [0.29, 0.717) is 36.8 Å². The van der Waals surface area contributed by atoms with Gasteiger partial charge in [-0.25, -0.2) is 0 Å². The molecule has 2 heterocycles. The van der Waals surface area contributed by atoms with E-state index in [4.69, 9.17) is 11.6 Å². The van der Waals surface area contributed by atoms with Gasteiger partial charge in [0.25, 0.3) is 0 Å². The molecule has 0 unspecified atom stereocenters. The molecule has 0 saturated carbocycles. The lowest BCUT2D eigenvalue weighted by atomic mass is 10.0. The Balaban J connectivity index is 1.53. The lowest BCUT2D eigenvalue weighted by Crippen LogP contribution is -2.49. The second kappa shape index (κ2) is 7.89. The molecule has 0 aliphatic carbocycles. The lowest BCUT2D eigenvalue weighted by molar-refractivity contribution is -0.143. The summed E-state index contributed by atoms with van der Waals surface area (Å²) in [5.74, 6) is -0.824. The maximum Gasteiger partial charge on any atom is 0.325 e. The summed E-state index contributed by atoms with van der Waals surface area (Å²) >= 11 is 6.13. The third-order valence-corrected chi connectivity index (χ3v) is 5.76. The van der Waals surface area contributed by atoms with E-state index in [0.717, 1.165) is 22.2 Å². The molecule has 29 heavy (non-hydrogen) atoms. The van der Waals surface area contributed by atoms with Gasteiger partial charge in [-0.05, 0) is 49.4 Å². The fourth-order valence-corrected chi connectivity index (χ4v) is 4.14. The minimum atomic E-state index is -0.870. The highest BCUT2D eigenvalue weighted by molar-refractivity contribution is 6.31. The Kier molecular flexibility index (Phi) is 5.30. The number of nitrogens with one attached hydrogen (secondary N) is 1. The van der Waals surface area contributed by atoms with Crippen molar-refractivity contribution in [2.24, 2.45) is 0 Å². The third kappa shape index (κ3) is 3.86. The van der Waals surface area contributed by atoms with Gasteiger partial charge in [0.15, 0.2) is 5.78 Å². The summed E-state index contributed by atoms with van der Waals surface area (Å²) in [6, 6.07) is 12.3. The standard InChI is InChI=1S/C22H22ClN3O3/c1-14(27)15-2-5-17(6-3-15)25-8-10-26(11-9-25)21(22(28)29)19-13-24-20-7-4-16(23)12-18(19)20/h2-7,12-13,21,24H,8-11H2,1H3,(H,28,29)/t21-/m0/s1. The van der Waals surface area contributed by atoms with E-state index < -0.39 is 12.0 Å². The second-order valence-corrected chi connectivity index (χ2v) is 7.74. The zero-order chi connectivity index (χ0) is 20.5. The average molecular weight is 412 g/mol. The summed E-state index contributed by atoms with van der Waals surface area (Å²) in [6.45, 7) is 4.23. The number of rotatable bonds is 5. The van der Waals surface area contributed by atoms with E-state index in [1.54, 1.807) is 19.2 Å². The Morgan fingerprint density at radius 2 is 1.76 bits per heavy atom. The monoisotopic (exact) mass is 411 g/mol. The summed E-state index contributed by atoms with van der Waals surface area (Å²) in [6.07, 6.45) is 1.77. The first kappa shape index (κ1) is 19.5. The number of H-pyrrole nitrogens is 1. The predicted molar refractivity (Wildman–Crippen MR) is 114 cm³/mol. The maximum atomic E-state index is 12.1. The number of aliphatic carboxylic acids is 1. The highest BCUT2D eigenvalue weighted by atomic mass is 35.5. The van der Waals surface area contributed by atoms with Crippen LogP contribution in [0.15, 0.2) is 48.7 Å². The van der Waals surface area contributed by atoms with Crippen LogP contribution in [-0.2, 0) is 4.79 Å². The van der Waals surface area contributed by atoms with Crippen LogP contribution in [0.1, 0.15) is 28.9 Å². The zero-order valence-corrected chi connectivity index (χ0v) is 16.8. The molecule has 4 rings (SSSR count). The zero-order valence-electron chi connectivity index (χ0n) is 16.1. The van der Waals surface area contributed by atoms with Crippen molar-refractivity contribution in [2.45, 2.75) is 13.0 Å². The minimum Gasteiger partial charge on any atom is -0.480 e. The van der Waals surface area contributed by atoms with Crippen LogP contribution < -0.4 is 4.90 Å². The van der Waals surface area contributed by atoms with Gasteiger partial charge in [-0.15, -0.1) is 0 Å². The molecule has 1 atom stereocenters. The SMILES string of the molecule is CC(=O)c1ccc(N2CCN([C@H](C(=O)O)c3c[nH]c4ccc(Cl)cc34)CC2)cc1. The Hall–Kier alpha value is -2.83. The van der Waals surface area contributed by atoms with Gasteiger partial charge in [-0.1, -0.05) is 11.6 Å². The first-order chi connectivity index (χ1) is 13.9. The number of hydrogen-bond donors (Lipinski definition) is 2. The number of hydrogen-bond acceptors (Lipinski definition) is 4. The van der Waals surface area contributed by atoms with Crippen LogP contribution in [0.2, 0.25) is 5.02 Å². The number of anilines is 1. The molecule has 3 aromatic rings. The van der Waals surface area contributed by atoms with Crippen LogP contribution in [-0.4, -0.2) is 52.9 Å². The molecular formula is C22H22ClN3O3. The molecule has 0 radical (unpaired) electrons. The Bertz CT molecular complexity index is 1050. The number of carboxylic acid groups (broad SMARTS) is 1. The first-order valence-electron chi connectivity index (χ1n) is 9.53. The first-order valence-corrected chi connectivity index (χ1v) is 9.91. The van der Waals surface area contributed by atoms with Crippen molar-refractivity contribution in [1.82, 2.24) is 9.88 Å². The molecule has 2 N–H and O–H groups in total. The van der Waals surface area contributed by atoms with Crippen molar-refractivity contribution in [3.8, 4) is 0 Å². The van der Waals surface area contributed by atoms with E-state index >= 15 is 0 Å². The van der Waals surface area contributed by atoms with Gasteiger partial charge in [0.1, 0.15) is 6.04 Å². The van der Waals surface area contributed by atoms with Gasteiger partial charge in [0, 0.05) is 65.1 Å². The van der Waals surface area contributed by atoms with Crippen molar-refractivity contribution in [2.75, 3.05) is 31.1 Å². The second-order valence-electron chi connectivity index (χ2n) is 7.30. The van der Waals surface area contributed by atoms with Crippen LogP contribution in [0.3, 0.4) is 0 Å². The van der Waals surface area contributed by atoms with Crippen LogP contribution in [0.5, 0.6) is 0 Å². The van der Waals surface area contributed by atoms with Gasteiger partial charge in [0.05, 0.1) is 0 Å². The smallest absolute Gasteiger partial charge is 0.325 e. The van der Waals surface area contributed by atoms with Crippen LogP contribution in [0, 0.1) is 0 Å². The molecular weight excluding hydrogens is 390 g/mol. The Labute approximate surface area is 173 Å². The van der Waals surface area contributed by atoms with Gasteiger partial charge in [-0.2, -0.15) is 0 Å². The normalized spacial score (nSPS) is 16.1. The number of aromatic amines is 1. The number of aromatic nitrogens is 1. The summed E-state index contributed by atoms with van der Waals surface area (Å²) in [5, 5.41) is 11.4. The van der Waals surface area contributed by atoms with Gasteiger partial charge in [0.2, 0.25) is 0 Å². The van der Waals surface area contributed by atoms with Gasteiger partial charge in [-0.3, -0.25) is 14.5 Å². The third-order valence-electron chi connectivity index (χ3n) is 5.52. The molecule has 1 aliphatic heterocycles. The van der Waals surface area contributed by atoms with Crippen molar-refractivity contribution < 1.29 is 14.7 Å². The number of halogens is 1. The van der Waals surface area contributed by atoms with E-state index in [9.17, 15) is 14.7 Å². The number of fused-ring (bicyclic) bond motifs is 1. The molecule has 0 bridgehead atoms. The molecule has 6 nitrogen and oxygen atoms in total. The van der Waals surface area contributed by atoms with Crippen molar-refractivity contribution in [3.63, 3.8) is 0 Å². The topological polar surface area (TPSA) is 76.6 Å². The number of benzene rings is 2. The predicted octanol–water partition coefficient (Wildman–Crippen LogP) is 3.97. The number of piperazine rings is 1. The molecule has 1 fully saturated rings. The lowest BCUT2D eigenvalue weighted by Gasteiger charge is -2.38. The molecule has 0 spiro atoms. The van der Waals surface area contributed by atoms with Crippen molar-refractivity contribution in [1.29, 1.82) is 0 Å². The largest absolute Gasteiger partial charge is 0.480 e. The number of Topliss-reactive ketones (excluding diaryl/α,β-unsaturated/α-hetero) is 1. The highest BCUT2D eigenvalue weighted by Crippen LogP contribution is 2.31. The highest BCUT2D eigenvalue weighted by Gasteiger charge is 2.32. The van der Waals surface area contributed by atoms with Gasteiger partial charge < -0.3 is 15.0 Å². The fraction of sp³-hybridized carbons (Fsp3) is 0.273. The van der Waals surface area contributed by atoms with Crippen LogP contribution >= 0.6 is 11.6 Å². The Morgan fingerprint density at radius 3 is 2.38 bits per heavy atom. The minimum absolute atomic E-state index is 0.0458. The number of carbonyl (C=O) groups is 2. The van der Waals surface area contributed by atoms with E-state index in [1.165, 1.54) is 0 Å². The number of nitrogens with zero attached hydrogens (tertiary/aromatic N) is 2. The van der Waals surface area contributed by atoms with Gasteiger partial charge >= 0.3 is 5.97 Å². The molecule has 150 valence electrons. The molecule has 2 aromatic carbocycles. The van der Waals surface area contributed by atoms with Crippen molar-refractivity contribution >= 4 is 39.9 Å². The molecule has 7 heteroatoms. The maximum absolute atomic E-state index is 12.1.